The van der Waals surface area contributed by atoms with Crippen LogP contribution in [0.2, 0.25) is 0 Å². The number of hydrogen-bond donors (Lipinski definition) is 1. The number of rotatable bonds is 2. The third-order valence-electron chi connectivity index (χ3n) is 9.86. The molecule has 0 aromatic heterocycles. The number of hydrogen-bond acceptors (Lipinski definition) is 3. The number of fused-ring (bicyclic) bond motifs is 5. The molecule has 0 aliphatic heterocycles. The summed E-state index contributed by atoms with van der Waals surface area (Å²) < 4.78 is 5.58. The van der Waals surface area contributed by atoms with Crippen molar-refractivity contribution in [1.29, 1.82) is 0 Å². The Morgan fingerprint density at radius 2 is 1.77 bits per heavy atom. The van der Waals surface area contributed by atoms with E-state index in [-0.39, 0.29) is 17.5 Å². The topological polar surface area (TPSA) is 46.5 Å². The van der Waals surface area contributed by atoms with Gasteiger partial charge in [0.05, 0.1) is 5.60 Å². The molecule has 0 bridgehead atoms. The highest BCUT2D eigenvalue weighted by molar-refractivity contribution is 5.66. The lowest BCUT2D eigenvalue weighted by atomic mass is 9.44. The average Bonchev–Trinajstić information content (AvgIpc) is 2.87. The van der Waals surface area contributed by atoms with Crippen LogP contribution in [0.5, 0.6) is 0 Å². The normalized spacial score (nSPS) is 53.3. The van der Waals surface area contributed by atoms with Crippen LogP contribution in [0, 0.1) is 34.5 Å². The highest BCUT2D eigenvalue weighted by Gasteiger charge is 2.64. The molecule has 0 unspecified atom stereocenters. The Bertz CT molecular complexity index is 574. The fourth-order valence-corrected chi connectivity index (χ4v) is 8.25. The van der Waals surface area contributed by atoms with Gasteiger partial charge in [0, 0.05) is 6.92 Å². The molecule has 26 heavy (non-hydrogen) atoms. The minimum Gasteiger partial charge on any atom is -0.463 e. The van der Waals surface area contributed by atoms with Gasteiger partial charge in [0.15, 0.2) is 0 Å². The Morgan fingerprint density at radius 1 is 1.04 bits per heavy atom. The van der Waals surface area contributed by atoms with Gasteiger partial charge in [-0.05, 0) is 98.7 Å². The van der Waals surface area contributed by atoms with Crippen LogP contribution in [0.25, 0.3) is 0 Å². The maximum atomic E-state index is 11.4. The summed E-state index contributed by atoms with van der Waals surface area (Å²) in [6.45, 7) is 8.66. The molecule has 1 N–H and O–H groups in total. The van der Waals surface area contributed by atoms with Gasteiger partial charge in [-0.2, -0.15) is 0 Å². The molecule has 3 heteroatoms. The fourth-order valence-electron chi connectivity index (χ4n) is 8.25. The standard InChI is InChI=1S/C23H38O3/c1-5-23(25)13-10-20-18-7-6-16-14-17(26-15(2)24)8-11-21(16,3)19(18)9-12-22(20,23)4/h16-20,25H,5-14H2,1-4H3/t16-,17-,18-,19-,20-,21+,22+,23+/m1/s1. The minimum absolute atomic E-state index is 0.120. The van der Waals surface area contributed by atoms with Crippen LogP contribution in [-0.4, -0.2) is 22.8 Å². The van der Waals surface area contributed by atoms with Crippen LogP contribution in [0.1, 0.15) is 91.9 Å². The van der Waals surface area contributed by atoms with Gasteiger partial charge in [0.1, 0.15) is 6.10 Å². The van der Waals surface area contributed by atoms with E-state index in [1.54, 1.807) is 6.92 Å². The van der Waals surface area contributed by atoms with Crippen LogP contribution >= 0.6 is 0 Å². The maximum absolute atomic E-state index is 11.4. The number of carbonyl (C=O) groups is 1. The molecule has 4 rings (SSSR count). The average molecular weight is 363 g/mol. The summed E-state index contributed by atoms with van der Waals surface area (Å²) in [5, 5.41) is 11.3. The minimum atomic E-state index is -0.437. The molecule has 4 saturated carbocycles. The highest BCUT2D eigenvalue weighted by atomic mass is 16.5. The van der Waals surface area contributed by atoms with Crippen LogP contribution in [0.4, 0.5) is 0 Å². The molecule has 0 radical (unpaired) electrons. The SMILES string of the molecule is CC[C@]1(O)CC[C@@H]2[C@@H]3CC[C@@H]4C[C@H](OC(C)=O)CC[C@]4(C)[C@@H]3CC[C@@]21C. The third kappa shape index (κ3) is 2.52. The van der Waals surface area contributed by atoms with E-state index in [0.29, 0.717) is 17.3 Å². The summed E-state index contributed by atoms with van der Waals surface area (Å²) in [6.07, 6.45) is 11.7. The van der Waals surface area contributed by atoms with Gasteiger partial charge in [0.2, 0.25) is 0 Å². The van der Waals surface area contributed by atoms with Gasteiger partial charge in [-0.1, -0.05) is 20.8 Å². The lowest BCUT2D eigenvalue weighted by Gasteiger charge is -2.61. The van der Waals surface area contributed by atoms with Gasteiger partial charge < -0.3 is 9.84 Å². The zero-order valence-corrected chi connectivity index (χ0v) is 17.2. The Labute approximate surface area is 159 Å². The van der Waals surface area contributed by atoms with E-state index in [2.05, 4.69) is 20.8 Å². The van der Waals surface area contributed by atoms with Crippen molar-refractivity contribution in [3.05, 3.63) is 0 Å². The van der Waals surface area contributed by atoms with E-state index in [9.17, 15) is 9.90 Å². The van der Waals surface area contributed by atoms with Crippen molar-refractivity contribution >= 4 is 5.97 Å². The second-order valence-electron chi connectivity index (χ2n) is 10.5. The summed E-state index contributed by atoms with van der Waals surface area (Å²) in [4.78, 5) is 11.4. The van der Waals surface area contributed by atoms with E-state index in [1.165, 1.54) is 38.5 Å². The van der Waals surface area contributed by atoms with Crippen molar-refractivity contribution in [3.63, 3.8) is 0 Å². The second kappa shape index (κ2) is 6.22. The van der Waals surface area contributed by atoms with Gasteiger partial charge in [0.25, 0.3) is 0 Å². The molecule has 4 fully saturated rings. The van der Waals surface area contributed by atoms with E-state index in [0.717, 1.165) is 37.5 Å². The molecule has 0 heterocycles. The molecule has 0 aromatic carbocycles. The molecule has 0 amide bonds. The second-order valence-corrected chi connectivity index (χ2v) is 10.5. The Morgan fingerprint density at radius 3 is 2.46 bits per heavy atom. The quantitative estimate of drug-likeness (QED) is 0.695. The van der Waals surface area contributed by atoms with E-state index in [1.807, 2.05) is 0 Å². The van der Waals surface area contributed by atoms with Crippen molar-refractivity contribution in [2.75, 3.05) is 0 Å². The molecular formula is C23H38O3. The maximum Gasteiger partial charge on any atom is 0.302 e. The summed E-state index contributed by atoms with van der Waals surface area (Å²) in [7, 11) is 0. The zero-order chi connectivity index (χ0) is 18.7. The highest BCUT2D eigenvalue weighted by Crippen LogP contribution is 2.68. The molecule has 4 aliphatic carbocycles. The Balaban J connectivity index is 1.55. The number of esters is 1. The predicted octanol–water partition coefficient (Wildman–Crippen LogP) is 5.10. The summed E-state index contributed by atoms with van der Waals surface area (Å²) in [5.41, 5.74) is 0.0995. The van der Waals surface area contributed by atoms with Gasteiger partial charge in [-0.15, -0.1) is 0 Å². The fraction of sp³-hybridized carbons (Fsp3) is 0.957. The Kier molecular flexibility index (Phi) is 4.49. The van der Waals surface area contributed by atoms with Crippen molar-refractivity contribution in [3.8, 4) is 0 Å². The first-order valence-electron chi connectivity index (χ1n) is 11.1. The first-order valence-corrected chi connectivity index (χ1v) is 11.1. The predicted molar refractivity (Wildman–Crippen MR) is 103 cm³/mol. The van der Waals surface area contributed by atoms with Crippen molar-refractivity contribution in [2.45, 2.75) is 104 Å². The lowest BCUT2D eigenvalue weighted by Crippen LogP contribution is -2.56. The van der Waals surface area contributed by atoms with Crippen LogP contribution in [0.3, 0.4) is 0 Å². The zero-order valence-electron chi connectivity index (χ0n) is 17.2. The number of ether oxygens (including phenoxy) is 1. The van der Waals surface area contributed by atoms with Crippen LogP contribution in [0.15, 0.2) is 0 Å². The molecule has 0 aromatic rings. The molecule has 3 nitrogen and oxygen atoms in total. The van der Waals surface area contributed by atoms with Gasteiger partial charge in [-0.3, -0.25) is 4.79 Å². The van der Waals surface area contributed by atoms with Gasteiger partial charge in [-0.25, -0.2) is 0 Å². The molecular weight excluding hydrogens is 324 g/mol. The molecule has 0 saturated heterocycles. The summed E-state index contributed by atoms with van der Waals surface area (Å²) in [6, 6.07) is 0. The van der Waals surface area contributed by atoms with E-state index >= 15 is 0 Å². The first kappa shape index (κ1) is 18.8. The summed E-state index contributed by atoms with van der Waals surface area (Å²) >= 11 is 0. The third-order valence-corrected chi connectivity index (χ3v) is 9.86. The lowest BCUT2D eigenvalue weighted by molar-refractivity contribution is -0.169. The van der Waals surface area contributed by atoms with E-state index in [4.69, 9.17) is 4.74 Å². The molecule has 148 valence electrons. The number of carbonyl (C=O) groups excluding carboxylic acids is 1. The summed E-state index contributed by atoms with van der Waals surface area (Å²) in [5.74, 6) is 2.89. The number of aliphatic hydroxyl groups is 1. The van der Waals surface area contributed by atoms with Gasteiger partial charge >= 0.3 is 5.97 Å². The van der Waals surface area contributed by atoms with E-state index < -0.39 is 5.60 Å². The van der Waals surface area contributed by atoms with Crippen molar-refractivity contribution < 1.29 is 14.6 Å². The molecule has 0 spiro atoms. The monoisotopic (exact) mass is 362 g/mol. The molecule has 8 atom stereocenters. The van der Waals surface area contributed by atoms with Crippen LogP contribution in [-0.2, 0) is 9.53 Å². The van der Waals surface area contributed by atoms with Crippen LogP contribution < -0.4 is 0 Å². The van der Waals surface area contributed by atoms with Crippen molar-refractivity contribution in [1.82, 2.24) is 0 Å². The molecule has 4 aliphatic rings. The van der Waals surface area contributed by atoms with Crippen molar-refractivity contribution in [2.24, 2.45) is 34.5 Å². The Hall–Kier alpha value is -0.570. The smallest absolute Gasteiger partial charge is 0.302 e. The first-order chi connectivity index (χ1) is 12.2. The largest absolute Gasteiger partial charge is 0.463 e.